The minimum Gasteiger partial charge on any atom is -0.508 e. The third kappa shape index (κ3) is 19.2. The number of aryl methyl sites for hydroxylation is 2. The predicted octanol–water partition coefficient (Wildman–Crippen LogP) is 3.66. The second-order valence-electron chi connectivity index (χ2n) is 21.8. The summed E-state index contributed by atoms with van der Waals surface area (Å²) >= 11 is 0. The molecule has 0 unspecified atom stereocenters. The van der Waals surface area contributed by atoms with E-state index in [1.807, 2.05) is 25.1 Å². The van der Waals surface area contributed by atoms with E-state index in [-0.39, 0.29) is 80.8 Å². The number of carbonyl (C=O) groups is 7. The van der Waals surface area contributed by atoms with Crippen LogP contribution in [0.3, 0.4) is 0 Å². The molecule has 3 saturated heterocycles. The van der Waals surface area contributed by atoms with Gasteiger partial charge in [0.25, 0.3) is 16.0 Å². The molecule has 83 heavy (non-hydrogen) atoms. The fourth-order valence-electron chi connectivity index (χ4n) is 10.4. The molecule has 3 fully saturated rings. The molecule has 4 aromatic rings. The summed E-state index contributed by atoms with van der Waals surface area (Å²) in [5, 5.41) is 36.6. The Morgan fingerprint density at radius 1 is 0.759 bits per heavy atom. The first-order chi connectivity index (χ1) is 39.7. The Balaban J connectivity index is 0.000000899. The maximum atomic E-state index is 14.5. The minimum absolute atomic E-state index is 0.00630. The average Bonchev–Trinajstić information content (AvgIpc) is 4.38. The van der Waals surface area contributed by atoms with E-state index in [1.54, 1.807) is 42.5 Å². The summed E-state index contributed by atoms with van der Waals surface area (Å²) in [4.78, 5) is 102. The Hall–Kier alpha value is -7.18. The summed E-state index contributed by atoms with van der Waals surface area (Å²) < 4.78 is 35.5. The van der Waals surface area contributed by atoms with Gasteiger partial charge in [0.15, 0.2) is 0 Å². The van der Waals surface area contributed by atoms with E-state index in [0.29, 0.717) is 32.4 Å². The second-order valence-corrected chi connectivity index (χ2v) is 23.2. The minimum atomic E-state index is -4.02. The number of rotatable bonds is 18. The predicted molar refractivity (Wildman–Crippen MR) is 312 cm³/mol. The quantitative estimate of drug-likeness (QED) is 0.0502. The van der Waals surface area contributed by atoms with Crippen molar-refractivity contribution in [1.82, 2.24) is 36.4 Å². The number of hydrogen-bond donors (Lipinski definition) is 10. The van der Waals surface area contributed by atoms with Crippen molar-refractivity contribution in [2.45, 2.75) is 170 Å². The first kappa shape index (κ1) is 65.0. The van der Waals surface area contributed by atoms with Gasteiger partial charge in [0.2, 0.25) is 35.4 Å². The number of ether oxygens (including phenoxy) is 1. The van der Waals surface area contributed by atoms with Crippen LogP contribution in [0.15, 0.2) is 89.8 Å². The molecule has 8 atom stereocenters. The number of aliphatic hydroxyl groups is 1. The van der Waals surface area contributed by atoms with Gasteiger partial charge < -0.3 is 62.8 Å². The van der Waals surface area contributed by atoms with Crippen molar-refractivity contribution in [2.75, 3.05) is 32.8 Å². The number of aromatic hydroxyl groups is 1. The van der Waals surface area contributed by atoms with Gasteiger partial charge in [0.1, 0.15) is 47.8 Å². The van der Waals surface area contributed by atoms with E-state index >= 15 is 0 Å². The Bertz CT molecular complexity index is 2960. The molecule has 7 rings (SSSR count). The van der Waals surface area contributed by atoms with Crippen molar-refractivity contribution in [1.29, 1.82) is 0 Å². The lowest BCUT2D eigenvalue weighted by Gasteiger charge is -2.32. The number of nitrogens with zero attached hydrogens (tertiary/aromatic N) is 2. The van der Waals surface area contributed by atoms with Crippen molar-refractivity contribution < 1.29 is 61.5 Å². The largest absolute Gasteiger partial charge is 0.508 e. The lowest BCUT2D eigenvalue weighted by Crippen LogP contribution is -2.61. The smallest absolute Gasteiger partial charge is 0.294 e. The number of aliphatic hydroxyl groups excluding tert-OH is 1. The number of nitrogens with one attached hydrogen (secondary N) is 5. The molecule has 0 spiro atoms. The van der Waals surface area contributed by atoms with E-state index < -0.39 is 99.9 Å². The highest BCUT2D eigenvalue weighted by Crippen LogP contribution is 2.25. The molecule has 22 nitrogen and oxygen atoms in total. The van der Waals surface area contributed by atoms with Crippen molar-refractivity contribution in [3.8, 4) is 11.5 Å². The van der Waals surface area contributed by atoms with Gasteiger partial charge in [-0.25, -0.2) is 0 Å². The normalized spacial score (nSPS) is 22.6. The van der Waals surface area contributed by atoms with E-state index in [0.717, 1.165) is 40.5 Å². The summed E-state index contributed by atoms with van der Waals surface area (Å²) in [5.74, 6) is -3.63. The molecule has 0 saturated carbocycles. The number of benzene rings is 4. The van der Waals surface area contributed by atoms with Crippen LogP contribution in [0.25, 0.3) is 10.8 Å². The Kier molecular flexibility index (Phi) is 24.6. The van der Waals surface area contributed by atoms with Gasteiger partial charge in [-0.05, 0) is 156 Å². The van der Waals surface area contributed by atoms with Gasteiger partial charge in [-0.15, -0.1) is 0 Å². The topological polar surface area (TPSA) is 342 Å². The standard InChI is InChI=1S/C53H75N9O10.C7H8O3S/c1-3-4-5-6-9-28-72-40-23-20-35-29-37(19-18-36(35)30-40)47(65)57-41-13-10-26-56-50(68)45-31-38(55)32-62(45)52(70)43(12-7-8-25-54)59-48(66)42(24-17-34-15-21-39(64)22-16-34)58-51(69)44-14-11-27-61(44)53(71)46(33(2)63)60-49(41)67;1-6-2-4-7(5-3-6)11(8,9)10/h15-16,18-23,29-30,33,38,41-46,63-64H,3-14,17,24-28,31-32,54-55H2,1-2H3,(H,56,68)(H,57,65)(H,58,69)(H,59,66)(H,60,67);2-5H,1H3,(H,8,9,10)/t33-,38+,41+,42+,43+,44+,45+,46+;/m1./s1. The fourth-order valence-corrected chi connectivity index (χ4v) is 10.9. The van der Waals surface area contributed by atoms with Crippen LogP contribution in [0.2, 0.25) is 0 Å². The van der Waals surface area contributed by atoms with Crippen LogP contribution in [0, 0.1) is 6.92 Å². The molecular weight excluding hydrogens is 1090 g/mol. The van der Waals surface area contributed by atoms with E-state index in [2.05, 4.69) is 33.5 Å². The Labute approximate surface area is 485 Å². The van der Waals surface area contributed by atoms with Crippen LogP contribution in [-0.2, 0) is 45.3 Å². The van der Waals surface area contributed by atoms with Crippen molar-refractivity contribution in [3.63, 3.8) is 0 Å². The molecule has 3 heterocycles. The SMILES string of the molecule is CCCCCCCOc1ccc2cc(C(=O)N[C@H]3CCCNC(=O)[C@@H]4C[C@H](N)CN4C(=O)[C@H](CCCCN)NC(=O)[C@H](CCc4ccc(O)cc4)NC(=O)[C@@H]4CCCN4C(=O)[C@H]([C@@H](C)O)NC3=O)ccc2c1.Cc1ccc(S(=O)(=O)O)cc1. The Morgan fingerprint density at radius 2 is 1.46 bits per heavy atom. The van der Waals surface area contributed by atoms with Gasteiger partial charge in [-0.3, -0.25) is 38.1 Å². The number of amides is 7. The molecule has 4 aromatic carbocycles. The summed E-state index contributed by atoms with van der Waals surface area (Å²) in [6.45, 7) is 6.50. The third-order valence-corrected chi connectivity index (χ3v) is 16.0. The molecule has 0 bridgehead atoms. The molecule has 0 aromatic heterocycles. The molecule has 12 N–H and O–H groups in total. The van der Waals surface area contributed by atoms with Crippen molar-refractivity contribution in [3.05, 3.63) is 102 Å². The maximum absolute atomic E-state index is 14.5. The highest BCUT2D eigenvalue weighted by atomic mass is 32.2. The summed E-state index contributed by atoms with van der Waals surface area (Å²) in [6.07, 6.45) is 6.68. The number of carbonyl (C=O) groups excluding carboxylic acids is 7. The van der Waals surface area contributed by atoms with Crippen molar-refractivity contribution in [2.24, 2.45) is 11.5 Å². The summed E-state index contributed by atoms with van der Waals surface area (Å²) in [5.41, 5.74) is 14.2. The number of fused-ring (bicyclic) bond motifs is 3. The number of nitrogens with two attached hydrogens (primary N) is 2. The number of unbranched alkanes of at least 4 members (excludes halogenated alkanes) is 5. The highest BCUT2D eigenvalue weighted by Gasteiger charge is 2.43. The lowest BCUT2D eigenvalue weighted by molar-refractivity contribution is -0.144. The van der Waals surface area contributed by atoms with Gasteiger partial charge in [-0.1, -0.05) is 74.6 Å². The average molecular weight is 1170 g/mol. The summed E-state index contributed by atoms with van der Waals surface area (Å²) in [6, 6.07) is 15.5. The molecule has 0 aliphatic carbocycles. The lowest BCUT2D eigenvalue weighted by atomic mass is 10.0. The number of hydrogen-bond acceptors (Lipinski definition) is 14. The molecule has 7 amide bonds. The monoisotopic (exact) mass is 1170 g/mol. The van der Waals surface area contributed by atoms with E-state index in [1.165, 1.54) is 60.3 Å². The maximum Gasteiger partial charge on any atom is 0.294 e. The van der Waals surface area contributed by atoms with Crippen molar-refractivity contribution >= 4 is 62.2 Å². The second kappa shape index (κ2) is 31.5. The van der Waals surface area contributed by atoms with E-state index in [4.69, 9.17) is 20.8 Å². The van der Waals surface area contributed by atoms with Gasteiger partial charge in [0, 0.05) is 31.2 Å². The molecule has 3 aliphatic rings. The number of phenolic OH excluding ortho intramolecular Hbond substituents is 1. The third-order valence-electron chi connectivity index (χ3n) is 15.2. The van der Waals surface area contributed by atoms with Crippen LogP contribution < -0.4 is 42.8 Å². The van der Waals surface area contributed by atoms with Gasteiger partial charge >= 0.3 is 0 Å². The zero-order valence-corrected chi connectivity index (χ0v) is 48.5. The van der Waals surface area contributed by atoms with E-state index in [9.17, 15) is 52.2 Å². The van der Waals surface area contributed by atoms with Crippen LogP contribution in [-0.4, -0.2) is 156 Å². The van der Waals surface area contributed by atoms with Crippen LogP contribution >= 0.6 is 0 Å². The van der Waals surface area contributed by atoms with Crippen LogP contribution in [0.1, 0.15) is 125 Å². The summed E-state index contributed by atoms with van der Waals surface area (Å²) in [7, 11) is -4.02. The molecule has 23 heteroatoms. The van der Waals surface area contributed by atoms with Gasteiger partial charge in [0.05, 0.1) is 17.6 Å². The first-order valence-corrected chi connectivity index (χ1v) is 30.3. The van der Waals surface area contributed by atoms with Crippen LogP contribution in [0.4, 0.5) is 0 Å². The zero-order chi connectivity index (χ0) is 60.2. The molecular formula is C60H83N9O13S. The molecule has 3 aliphatic heterocycles. The molecule has 452 valence electrons. The Morgan fingerprint density at radius 3 is 2.16 bits per heavy atom. The highest BCUT2D eigenvalue weighted by molar-refractivity contribution is 7.85. The molecule has 0 radical (unpaired) electrons. The first-order valence-electron chi connectivity index (χ1n) is 28.9. The number of phenols is 1. The van der Waals surface area contributed by atoms with Crippen LogP contribution in [0.5, 0.6) is 11.5 Å². The van der Waals surface area contributed by atoms with Gasteiger partial charge in [-0.2, -0.15) is 8.42 Å². The fraction of sp³-hybridized carbons (Fsp3) is 0.517. The zero-order valence-electron chi connectivity index (χ0n) is 47.7.